The number of hydrogen-bond donors (Lipinski definition) is 1. The number of rotatable bonds is 7. The zero-order chi connectivity index (χ0) is 20.9. The Morgan fingerprint density at radius 2 is 1.93 bits per heavy atom. The topological polar surface area (TPSA) is 63.7 Å². The summed E-state index contributed by atoms with van der Waals surface area (Å²) in [6, 6.07) is 19.1. The van der Waals surface area contributed by atoms with Crippen LogP contribution in [0.15, 0.2) is 66.9 Å². The molecule has 0 spiro atoms. The second-order valence-corrected chi connectivity index (χ2v) is 7.12. The Bertz CT molecular complexity index is 1020. The van der Waals surface area contributed by atoms with Gasteiger partial charge in [0.25, 0.3) is 5.91 Å². The van der Waals surface area contributed by atoms with Gasteiger partial charge in [-0.15, -0.1) is 0 Å². The van der Waals surface area contributed by atoms with Crippen molar-refractivity contribution in [3.05, 3.63) is 83.6 Å². The molecule has 0 saturated carbocycles. The fourth-order valence-corrected chi connectivity index (χ4v) is 3.69. The first-order valence-electron chi connectivity index (χ1n) is 10.1. The van der Waals surface area contributed by atoms with Gasteiger partial charge in [-0.3, -0.25) is 4.79 Å². The molecular weight excluding hydrogens is 378 g/mol. The maximum atomic E-state index is 13.1. The number of fused-ring (bicyclic) bond motifs is 1. The molecule has 1 amide bonds. The molecule has 0 saturated heterocycles. The predicted molar refractivity (Wildman–Crippen MR) is 116 cm³/mol. The van der Waals surface area contributed by atoms with Crippen LogP contribution in [0.2, 0.25) is 0 Å². The van der Waals surface area contributed by atoms with E-state index in [4.69, 9.17) is 9.47 Å². The molecule has 154 valence electrons. The minimum atomic E-state index is -0.258. The SMILES string of the molecule is CCCN1C(=O)c2ccccc2NC1c1ccc(OC)c(COc2ccccn2)c1. The summed E-state index contributed by atoms with van der Waals surface area (Å²) in [6.45, 7) is 3.06. The number of pyridine rings is 1. The van der Waals surface area contributed by atoms with Gasteiger partial charge in [-0.2, -0.15) is 0 Å². The monoisotopic (exact) mass is 403 g/mol. The maximum absolute atomic E-state index is 13.1. The first-order chi connectivity index (χ1) is 14.7. The van der Waals surface area contributed by atoms with Gasteiger partial charge in [0.05, 0.1) is 12.7 Å². The second kappa shape index (κ2) is 8.86. The van der Waals surface area contributed by atoms with Crippen LogP contribution < -0.4 is 14.8 Å². The summed E-state index contributed by atoms with van der Waals surface area (Å²) in [5, 5.41) is 3.53. The van der Waals surface area contributed by atoms with Gasteiger partial charge >= 0.3 is 0 Å². The molecule has 1 aliphatic rings. The Kier molecular flexibility index (Phi) is 5.84. The number of benzene rings is 2. The van der Waals surface area contributed by atoms with Crippen LogP contribution in [0, 0.1) is 0 Å². The van der Waals surface area contributed by atoms with Crippen molar-refractivity contribution in [3.63, 3.8) is 0 Å². The molecule has 2 heterocycles. The fourth-order valence-electron chi connectivity index (χ4n) is 3.69. The number of anilines is 1. The Morgan fingerprint density at radius 3 is 2.70 bits per heavy atom. The minimum Gasteiger partial charge on any atom is -0.496 e. The van der Waals surface area contributed by atoms with Crippen molar-refractivity contribution < 1.29 is 14.3 Å². The molecule has 1 aromatic heterocycles. The van der Waals surface area contributed by atoms with Gasteiger partial charge in [-0.05, 0) is 42.3 Å². The van der Waals surface area contributed by atoms with E-state index in [9.17, 15) is 4.79 Å². The number of hydrogen-bond acceptors (Lipinski definition) is 5. The number of carbonyl (C=O) groups excluding carboxylic acids is 1. The maximum Gasteiger partial charge on any atom is 0.257 e. The molecule has 1 unspecified atom stereocenters. The molecule has 1 N–H and O–H groups in total. The quantitative estimate of drug-likeness (QED) is 0.622. The average Bonchev–Trinajstić information content (AvgIpc) is 2.80. The molecule has 2 aromatic carbocycles. The molecule has 0 radical (unpaired) electrons. The Morgan fingerprint density at radius 1 is 1.10 bits per heavy atom. The van der Waals surface area contributed by atoms with Crippen LogP contribution >= 0.6 is 0 Å². The van der Waals surface area contributed by atoms with Gasteiger partial charge in [0.15, 0.2) is 0 Å². The standard InChI is InChI=1S/C24H25N3O3/c1-3-14-27-23(26-20-9-5-4-8-19(20)24(27)28)17-11-12-21(29-2)18(15-17)16-30-22-10-6-7-13-25-22/h4-13,15,23,26H,3,14,16H2,1-2H3. The van der Waals surface area contributed by atoms with Crippen molar-refractivity contribution in [2.45, 2.75) is 26.1 Å². The lowest BCUT2D eigenvalue weighted by atomic mass is 10.0. The van der Waals surface area contributed by atoms with E-state index in [1.807, 2.05) is 65.6 Å². The zero-order valence-electron chi connectivity index (χ0n) is 17.2. The van der Waals surface area contributed by atoms with Gasteiger partial charge in [-0.25, -0.2) is 4.98 Å². The number of para-hydroxylation sites is 1. The summed E-state index contributed by atoms with van der Waals surface area (Å²) in [6.07, 6.45) is 2.31. The highest BCUT2D eigenvalue weighted by Gasteiger charge is 2.32. The summed E-state index contributed by atoms with van der Waals surface area (Å²) < 4.78 is 11.4. The van der Waals surface area contributed by atoms with Crippen molar-refractivity contribution >= 4 is 11.6 Å². The third-order valence-corrected chi connectivity index (χ3v) is 5.12. The molecule has 0 fully saturated rings. The van der Waals surface area contributed by atoms with Crippen LogP contribution in [0.5, 0.6) is 11.6 Å². The number of carbonyl (C=O) groups is 1. The summed E-state index contributed by atoms with van der Waals surface area (Å²) >= 11 is 0. The van der Waals surface area contributed by atoms with Crippen molar-refractivity contribution in [2.24, 2.45) is 0 Å². The van der Waals surface area contributed by atoms with Crippen LogP contribution in [0.25, 0.3) is 0 Å². The molecule has 1 atom stereocenters. The third-order valence-electron chi connectivity index (χ3n) is 5.12. The van der Waals surface area contributed by atoms with E-state index in [0.717, 1.165) is 29.0 Å². The smallest absolute Gasteiger partial charge is 0.257 e. The molecular formula is C24H25N3O3. The van der Waals surface area contributed by atoms with Gasteiger partial charge in [0, 0.05) is 30.1 Å². The predicted octanol–water partition coefficient (Wildman–Crippen LogP) is 4.65. The summed E-state index contributed by atoms with van der Waals surface area (Å²) in [7, 11) is 1.64. The third kappa shape index (κ3) is 3.94. The number of aromatic nitrogens is 1. The molecule has 3 aromatic rings. The van der Waals surface area contributed by atoms with Crippen LogP contribution in [0.4, 0.5) is 5.69 Å². The fraction of sp³-hybridized carbons (Fsp3) is 0.250. The van der Waals surface area contributed by atoms with E-state index in [1.165, 1.54) is 0 Å². The van der Waals surface area contributed by atoms with Crippen LogP contribution in [-0.2, 0) is 6.61 Å². The summed E-state index contributed by atoms with van der Waals surface area (Å²) in [4.78, 5) is 19.2. The number of ether oxygens (including phenoxy) is 2. The Balaban J connectivity index is 1.65. The molecule has 30 heavy (non-hydrogen) atoms. The highest BCUT2D eigenvalue weighted by molar-refractivity contribution is 6.01. The van der Waals surface area contributed by atoms with E-state index >= 15 is 0 Å². The van der Waals surface area contributed by atoms with Gasteiger partial charge in [0.1, 0.15) is 18.5 Å². The van der Waals surface area contributed by atoms with Gasteiger partial charge in [0.2, 0.25) is 5.88 Å². The molecule has 0 bridgehead atoms. The number of methoxy groups -OCH3 is 1. The van der Waals surface area contributed by atoms with Crippen LogP contribution in [-0.4, -0.2) is 29.4 Å². The van der Waals surface area contributed by atoms with Crippen molar-refractivity contribution in [3.8, 4) is 11.6 Å². The van der Waals surface area contributed by atoms with Crippen LogP contribution in [0.1, 0.15) is 41.0 Å². The normalized spacial score (nSPS) is 15.3. The first-order valence-corrected chi connectivity index (χ1v) is 10.1. The lowest BCUT2D eigenvalue weighted by Crippen LogP contribution is -2.43. The molecule has 6 heteroatoms. The molecule has 4 rings (SSSR count). The van der Waals surface area contributed by atoms with Gasteiger partial charge < -0.3 is 19.7 Å². The lowest BCUT2D eigenvalue weighted by Gasteiger charge is -2.38. The highest BCUT2D eigenvalue weighted by Crippen LogP contribution is 2.35. The minimum absolute atomic E-state index is 0.0401. The van der Waals surface area contributed by atoms with E-state index in [-0.39, 0.29) is 12.1 Å². The highest BCUT2D eigenvalue weighted by atomic mass is 16.5. The first kappa shape index (κ1) is 19.8. The molecule has 6 nitrogen and oxygen atoms in total. The Labute approximate surface area is 176 Å². The average molecular weight is 403 g/mol. The van der Waals surface area contributed by atoms with Gasteiger partial charge in [-0.1, -0.05) is 31.2 Å². The van der Waals surface area contributed by atoms with E-state index in [1.54, 1.807) is 13.3 Å². The Hall–Kier alpha value is -3.54. The second-order valence-electron chi connectivity index (χ2n) is 7.12. The zero-order valence-corrected chi connectivity index (χ0v) is 17.2. The summed E-state index contributed by atoms with van der Waals surface area (Å²) in [5.74, 6) is 1.33. The number of nitrogens with zero attached hydrogens (tertiary/aromatic N) is 2. The number of amides is 1. The van der Waals surface area contributed by atoms with E-state index < -0.39 is 0 Å². The van der Waals surface area contributed by atoms with E-state index in [2.05, 4.69) is 17.2 Å². The van der Waals surface area contributed by atoms with Crippen molar-refractivity contribution in [2.75, 3.05) is 19.0 Å². The lowest BCUT2D eigenvalue weighted by molar-refractivity contribution is 0.0683. The van der Waals surface area contributed by atoms with Crippen molar-refractivity contribution in [1.29, 1.82) is 0 Å². The molecule has 0 aliphatic carbocycles. The van der Waals surface area contributed by atoms with Crippen LogP contribution in [0.3, 0.4) is 0 Å². The van der Waals surface area contributed by atoms with E-state index in [0.29, 0.717) is 24.6 Å². The number of nitrogens with one attached hydrogen (secondary N) is 1. The molecule has 1 aliphatic heterocycles. The largest absolute Gasteiger partial charge is 0.496 e. The summed E-state index contributed by atoms with van der Waals surface area (Å²) in [5.41, 5.74) is 3.42. The van der Waals surface area contributed by atoms with Crippen molar-refractivity contribution in [1.82, 2.24) is 9.88 Å².